The zero-order chi connectivity index (χ0) is 18.5. The summed E-state index contributed by atoms with van der Waals surface area (Å²) in [5.41, 5.74) is 1.24. The molecule has 2 N–H and O–H groups in total. The predicted octanol–water partition coefficient (Wildman–Crippen LogP) is 4.77. The van der Waals surface area contributed by atoms with Crippen molar-refractivity contribution in [1.82, 2.24) is 15.0 Å². The summed E-state index contributed by atoms with van der Waals surface area (Å²) in [6, 6.07) is 10.5. The average molecular weight is 355 g/mol. The molecule has 5 nitrogen and oxygen atoms in total. The molecule has 0 unspecified atom stereocenters. The second-order valence-corrected chi connectivity index (χ2v) is 5.88. The molecule has 26 heavy (non-hydrogen) atoms. The first kappa shape index (κ1) is 17.7. The molecule has 1 atom stereocenters. The highest BCUT2D eigenvalue weighted by Crippen LogP contribution is 2.24. The number of rotatable bonds is 6. The third-order valence-electron chi connectivity index (χ3n) is 3.83. The van der Waals surface area contributed by atoms with E-state index in [1.807, 2.05) is 32.0 Å². The van der Waals surface area contributed by atoms with Gasteiger partial charge in [-0.3, -0.25) is 4.98 Å². The molecule has 7 heteroatoms. The van der Waals surface area contributed by atoms with Crippen molar-refractivity contribution in [2.75, 3.05) is 10.6 Å². The third kappa shape index (κ3) is 4.30. The number of pyridine rings is 1. The molecule has 0 aliphatic rings. The molecule has 1 aromatic carbocycles. The van der Waals surface area contributed by atoms with E-state index in [0.29, 0.717) is 23.2 Å². The second-order valence-electron chi connectivity index (χ2n) is 5.88. The van der Waals surface area contributed by atoms with E-state index in [1.165, 1.54) is 0 Å². The standard InChI is InChI=1S/C19H19F2N5/c1-3-12(2)23-19-25-17(15-6-4-5-9-22-15)11-18(26-19)24-16-10-13(20)7-8-14(16)21/h4-12H,3H2,1-2H3,(H2,23,24,25,26)/t12-/m0/s1. The minimum atomic E-state index is -0.569. The minimum absolute atomic E-state index is 0.00478. The zero-order valence-electron chi connectivity index (χ0n) is 14.5. The number of nitrogens with one attached hydrogen (secondary N) is 2. The average Bonchev–Trinajstić information content (AvgIpc) is 2.65. The lowest BCUT2D eigenvalue weighted by Gasteiger charge is -2.14. The van der Waals surface area contributed by atoms with Gasteiger partial charge in [0.2, 0.25) is 5.95 Å². The number of hydrogen-bond acceptors (Lipinski definition) is 5. The highest BCUT2D eigenvalue weighted by atomic mass is 19.1. The number of halogens is 2. The Bertz CT molecular complexity index is 886. The number of benzene rings is 1. The molecule has 3 aromatic rings. The summed E-state index contributed by atoms with van der Waals surface area (Å²) < 4.78 is 27.4. The summed E-state index contributed by atoms with van der Waals surface area (Å²) in [5, 5.41) is 6.02. The van der Waals surface area contributed by atoms with Gasteiger partial charge in [-0.05, 0) is 37.6 Å². The normalized spacial score (nSPS) is 11.8. The van der Waals surface area contributed by atoms with Crippen LogP contribution in [0.4, 0.5) is 26.2 Å². The van der Waals surface area contributed by atoms with Gasteiger partial charge in [-0.2, -0.15) is 4.98 Å². The molecule has 0 aliphatic heterocycles. The number of nitrogens with zero attached hydrogens (tertiary/aromatic N) is 3. The fourth-order valence-electron chi connectivity index (χ4n) is 2.28. The monoisotopic (exact) mass is 355 g/mol. The molecule has 0 aliphatic carbocycles. The quantitative estimate of drug-likeness (QED) is 0.667. The van der Waals surface area contributed by atoms with Crippen LogP contribution in [-0.2, 0) is 0 Å². The van der Waals surface area contributed by atoms with Gasteiger partial charge < -0.3 is 10.6 Å². The van der Waals surface area contributed by atoms with Crippen LogP contribution in [0.25, 0.3) is 11.4 Å². The number of hydrogen-bond donors (Lipinski definition) is 2. The zero-order valence-corrected chi connectivity index (χ0v) is 14.5. The maximum atomic E-state index is 13.9. The Morgan fingerprint density at radius 3 is 2.62 bits per heavy atom. The van der Waals surface area contributed by atoms with Gasteiger partial charge in [0.05, 0.1) is 17.1 Å². The third-order valence-corrected chi connectivity index (χ3v) is 3.83. The van der Waals surface area contributed by atoms with E-state index < -0.39 is 11.6 Å². The molecule has 134 valence electrons. The van der Waals surface area contributed by atoms with Crippen LogP contribution in [0.1, 0.15) is 20.3 Å². The first-order valence-electron chi connectivity index (χ1n) is 8.34. The van der Waals surface area contributed by atoms with Crippen molar-refractivity contribution in [3.8, 4) is 11.4 Å². The lowest BCUT2D eigenvalue weighted by atomic mass is 10.2. The summed E-state index contributed by atoms with van der Waals surface area (Å²) in [4.78, 5) is 13.1. The molecule has 0 radical (unpaired) electrons. The van der Waals surface area contributed by atoms with Gasteiger partial charge in [0.15, 0.2) is 0 Å². The van der Waals surface area contributed by atoms with Crippen molar-refractivity contribution in [3.63, 3.8) is 0 Å². The van der Waals surface area contributed by atoms with Crippen molar-refractivity contribution in [2.24, 2.45) is 0 Å². The van der Waals surface area contributed by atoms with Crippen LogP contribution < -0.4 is 10.6 Å². The molecular formula is C19H19F2N5. The van der Waals surface area contributed by atoms with Crippen LogP contribution >= 0.6 is 0 Å². The Balaban J connectivity index is 2.00. The highest BCUT2D eigenvalue weighted by Gasteiger charge is 2.11. The maximum Gasteiger partial charge on any atom is 0.225 e. The summed E-state index contributed by atoms with van der Waals surface area (Å²) in [6.07, 6.45) is 2.55. The van der Waals surface area contributed by atoms with Gasteiger partial charge in [-0.15, -0.1) is 0 Å². The van der Waals surface area contributed by atoms with E-state index in [1.54, 1.807) is 12.3 Å². The molecule has 0 saturated heterocycles. The van der Waals surface area contributed by atoms with E-state index in [0.717, 1.165) is 24.6 Å². The first-order valence-corrected chi connectivity index (χ1v) is 8.34. The van der Waals surface area contributed by atoms with Crippen LogP contribution in [0.15, 0.2) is 48.7 Å². The summed E-state index contributed by atoms with van der Waals surface area (Å²) in [7, 11) is 0. The number of anilines is 3. The summed E-state index contributed by atoms with van der Waals surface area (Å²) >= 11 is 0. The van der Waals surface area contributed by atoms with Gasteiger partial charge in [0.25, 0.3) is 0 Å². The molecular weight excluding hydrogens is 336 g/mol. The predicted molar refractivity (Wildman–Crippen MR) is 98.3 cm³/mol. The van der Waals surface area contributed by atoms with E-state index in [-0.39, 0.29) is 11.7 Å². The summed E-state index contributed by atoms with van der Waals surface area (Å²) in [6.45, 7) is 4.05. The van der Waals surface area contributed by atoms with Crippen LogP contribution in [0.3, 0.4) is 0 Å². The van der Waals surface area contributed by atoms with Crippen molar-refractivity contribution < 1.29 is 8.78 Å². The van der Waals surface area contributed by atoms with Gasteiger partial charge >= 0.3 is 0 Å². The van der Waals surface area contributed by atoms with Gasteiger partial charge in [-0.1, -0.05) is 13.0 Å². The maximum absolute atomic E-state index is 13.9. The van der Waals surface area contributed by atoms with Crippen LogP contribution in [0.5, 0.6) is 0 Å². The van der Waals surface area contributed by atoms with E-state index >= 15 is 0 Å². The molecule has 0 amide bonds. The van der Waals surface area contributed by atoms with Crippen LogP contribution in [0, 0.1) is 11.6 Å². The lowest BCUT2D eigenvalue weighted by Crippen LogP contribution is -2.16. The molecule has 0 fully saturated rings. The van der Waals surface area contributed by atoms with Crippen molar-refractivity contribution in [2.45, 2.75) is 26.3 Å². The fourth-order valence-corrected chi connectivity index (χ4v) is 2.28. The van der Waals surface area contributed by atoms with Crippen LogP contribution in [-0.4, -0.2) is 21.0 Å². The van der Waals surface area contributed by atoms with Gasteiger partial charge in [0, 0.05) is 24.4 Å². The SMILES string of the molecule is CC[C@H](C)Nc1nc(Nc2cc(F)ccc2F)cc(-c2ccccn2)n1. The van der Waals surface area contributed by atoms with Gasteiger partial charge in [0.1, 0.15) is 17.5 Å². The Hall–Kier alpha value is -3.09. The first-order chi connectivity index (χ1) is 12.5. The molecule has 0 saturated carbocycles. The minimum Gasteiger partial charge on any atom is -0.352 e. The topological polar surface area (TPSA) is 62.7 Å². The highest BCUT2D eigenvalue weighted by molar-refractivity contribution is 5.65. The van der Waals surface area contributed by atoms with Crippen molar-refractivity contribution >= 4 is 17.5 Å². The largest absolute Gasteiger partial charge is 0.352 e. The van der Waals surface area contributed by atoms with Crippen molar-refractivity contribution in [1.29, 1.82) is 0 Å². The molecule has 0 bridgehead atoms. The summed E-state index contributed by atoms with van der Waals surface area (Å²) in [5.74, 6) is -0.371. The Kier molecular flexibility index (Phi) is 5.36. The molecule has 2 heterocycles. The van der Waals surface area contributed by atoms with E-state index in [9.17, 15) is 8.78 Å². The van der Waals surface area contributed by atoms with E-state index in [2.05, 4.69) is 25.6 Å². The lowest BCUT2D eigenvalue weighted by molar-refractivity contribution is 0.603. The van der Waals surface area contributed by atoms with Gasteiger partial charge in [-0.25, -0.2) is 13.8 Å². The smallest absolute Gasteiger partial charge is 0.225 e. The Morgan fingerprint density at radius 1 is 1.04 bits per heavy atom. The molecule has 2 aromatic heterocycles. The second kappa shape index (κ2) is 7.86. The Morgan fingerprint density at radius 2 is 1.88 bits per heavy atom. The fraction of sp³-hybridized carbons (Fsp3) is 0.211. The number of aromatic nitrogens is 3. The Labute approximate surface area is 150 Å². The van der Waals surface area contributed by atoms with E-state index in [4.69, 9.17) is 0 Å². The molecule has 0 spiro atoms. The van der Waals surface area contributed by atoms with Crippen molar-refractivity contribution in [3.05, 3.63) is 60.3 Å². The molecule has 3 rings (SSSR count). The van der Waals surface area contributed by atoms with Crippen LogP contribution in [0.2, 0.25) is 0 Å².